The zero-order valence-corrected chi connectivity index (χ0v) is 17.1. The number of fused-ring (bicyclic) bond motifs is 1. The Bertz CT molecular complexity index is 1000. The Hall–Kier alpha value is -1.97. The first-order valence-electron chi connectivity index (χ1n) is 10.3. The molecule has 9 heteroatoms. The number of anilines is 1. The number of nitrogens with one attached hydrogen (secondary N) is 1. The Labute approximate surface area is 204 Å². The van der Waals surface area contributed by atoms with Gasteiger partial charge < -0.3 is 19.9 Å². The molecule has 1 aromatic carbocycles. The van der Waals surface area contributed by atoms with Crippen molar-refractivity contribution >= 4 is 46.5 Å². The monoisotopic (exact) mass is 433 g/mol. The van der Waals surface area contributed by atoms with Gasteiger partial charge in [0.05, 0.1) is 6.61 Å². The molecule has 1 aliphatic rings. The van der Waals surface area contributed by atoms with Crippen LogP contribution in [-0.2, 0) is 11.3 Å². The fraction of sp³-hybridized carbons (Fsp3) is 0.409. The normalized spacial score (nSPS) is 16.7. The molecule has 3 heterocycles. The number of aliphatic hydroxyl groups excluding tert-OH is 1. The van der Waals surface area contributed by atoms with Crippen molar-refractivity contribution in [2.45, 2.75) is 39.0 Å². The Balaban J connectivity index is 0.00000272. The van der Waals surface area contributed by atoms with E-state index < -0.39 is 0 Å². The second-order valence-electron chi connectivity index (χ2n) is 7.34. The van der Waals surface area contributed by atoms with E-state index in [1.165, 1.54) is 6.33 Å². The van der Waals surface area contributed by atoms with Crippen molar-refractivity contribution in [1.29, 1.82) is 0 Å². The van der Waals surface area contributed by atoms with E-state index in [-0.39, 0.29) is 42.4 Å². The molecule has 0 radical (unpaired) electrons. The van der Waals surface area contributed by atoms with E-state index in [2.05, 4.69) is 15.3 Å². The molecule has 4 rings (SSSR count). The number of imidazole rings is 1. The van der Waals surface area contributed by atoms with Crippen molar-refractivity contribution in [2.24, 2.45) is 0 Å². The Morgan fingerprint density at radius 2 is 2.13 bits per heavy atom. The van der Waals surface area contributed by atoms with Crippen LogP contribution in [0.4, 0.5) is 5.82 Å². The first-order chi connectivity index (χ1) is 14.8. The molecule has 3 aromatic rings. The van der Waals surface area contributed by atoms with Gasteiger partial charge in [-0.25, -0.2) is 9.97 Å². The van der Waals surface area contributed by atoms with Crippen LogP contribution in [0.3, 0.4) is 0 Å². The van der Waals surface area contributed by atoms with Gasteiger partial charge in [-0.1, -0.05) is 42.0 Å². The summed E-state index contributed by atoms with van der Waals surface area (Å²) in [6, 6.07) is 10.5. The maximum atomic E-state index is 9.17. The summed E-state index contributed by atoms with van der Waals surface area (Å²) in [5, 5.41) is 12.4. The predicted molar refractivity (Wildman–Crippen MR) is 121 cm³/mol. The van der Waals surface area contributed by atoms with E-state index in [1.807, 2.05) is 47.9 Å². The van der Waals surface area contributed by atoms with Gasteiger partial charge >= 0.3 is 35.6 Å². The minimum absolute atomic E-state index is 0. The predicted octanol–water partition coefficient (Wildman–Crippen LogP) is 2.81. The first kappa shape index (κ1) is 23.7. The van der Waals surface area contributed by atoms with Crippen LogP contribution in [0.1, 0.15) is 38.0 Å². The van der Waals surface area contributed by atoms with Crippen LogP contribution in [-0.4, -0.2) is 73.9 Å². The molecule has 1 saturated heterocycles. The van der Waals surface area contributed by atoms with Crippen molar-refractivity contribution in [1.82, 2.24) is 19.5 Å². The summed E-state index contributed by atoms with van der Waals surface area (Å²) in [6.45, 7) is 3.56. The summed E-state index contributed by atoms with van der Waals surface area (Å²) in [5.41, 5.74) is 3.28. The number of rotatable bonds is 8. The van der Waals surface area contributed by atoms with E-state index in [9.17, 15) is 5.11 Å². The molecule has 1 aliphatic heterocycles. The third kappa shape index (κ3) is 5.84. The van der Waals surface area contributed by atoms with E-state index >= 15 is 0 Å². The molecule has 160 valence electrons. The van der Waals surface area contributed by atoms with Crippen LogP contribution in [0.5, 0.6) is 6.01 Å². The zero-order valence-electron chi connectivity index (χ0n) is 17.1. The molecule has 0 spiro atoms. The number of hydrogen-bond donors (Lipinski definition) is 2. The number of aromatic nitrogens is 4. The Kier molecular flexibility index (Phi) is 8.86. The minimum atomic E-state index is -0.159. The van der Waals surface area contributed by atoms with Crippen LogP contribution in [0.15, 0.2) is 48.3 Å². The fourth-order valence-corrected chi connectivity index (χ4v) is 3.42. The zero-order chi connectivity index (χ0) is 20.8. The number of hydrogen-bond acceptors (Lipinski definition) is 7. The quantitative estimate of drug-likeness (QED) is 0.417. The molecule has 1 atom stereocenters. The average Bonchev–Trinajstić information content (AvgIpc) is 3.18. The van der Waals surface area contributed by atoms with Gasteiger partial charge in [0.1, 0.15) is 19.2 Å². The van der Waals surface area contributed by atoms with Crippen LogP contribution in [0.2, 0.25) is 0 Å². The molecule has 31 heavy (non-hydrogen) atoms. The van der Waals surface area contributed by atoms with Crippen molar-refractivity contribution in [3.63, 3.8) is 0 Å². The second kappa shape index (κ2) is 11.6. The van der Waals surface area contributed by atoms with Crippen molar-refractivity contribution in [3.05, 3.63) is 53.9 Å². The van der Waals surface area contributed by atoms with Crippen molar-refractivity contribution in [3.8, 4) is 6.01 Å². The first-order valence-corrected chi connectivity index (χ1v) is 10.3. The summed E-state index contributed by atoms with van der Waals surface area (Å²) < 4.78 is 14.1. The molecule has 0 aliphatic carbocycles. The van der Waals surface area contributed by atoms with Crippen molar-refractivity contribution < 1.29 is 14.6 Å². The molecule has 8 nitrogen and oxygen atoms in total. The van der Waals surface area contributed by atoms with E-state index in [1.54, 1.807) is 0 Å². The van der Waals surface area contributed by atoms with Gasteiger partial charge in [0, 0.05) is 13.2 Å². The SMILES string of the molecule is CC(=CCNc1ncnc2c1nc(OCc1ccccc1)n2C1CCCCO1)CO.[NaH]. The van der Waals surface area contributed by atoms with Crippen molar-refractivity contribution in [2.75, 3.05) is 25.1 Å². The summed E-state index contributed by atoms with van der Waals surface area (Å²) in [4.78, 5) is 13.6. The third-order valence-electron chi connectivity index (χ3n) is 5.07. The number of ether oxygens (including phenoxy) is 2. The van der Waals surface area contributed by atoms with E-state index in [4.69, 9.17) is 14.5 Å². The summed E-state index contributed by atoms with van der Waals surface area (Å²) >= 11 is 0. The van der Waals surface area contributed by atoms with Gasteiger partial charge in [0.25, 0.3) is 0 Å². The fourth-order valence-electron chi connectivity index (χ4n) is 3.42. The number of nitrogens with zero attached hydrogens (tertiary/aromatic N) is 4. The molecule has 0 amide bonds. The van der Waals surface area contributed by atoms with Gasteiger partial charge in [-0.2, -0.15) is 4.98 Å². The third-order valence-corrected chi connectivity index (χ3v) is 5.07. The standard InChI is InChI=1S/C22H27N5O3.Na.H/c1-16(13-28)10-11-23-20-19-21(25-15-24-20)27(18-9-5-6-12-29-18)22(26-19)30-14-17-7-3-2-4-8-17;;/h2-4,7-8,10,15,18,28H,5-6,9,11-14H2,1H3,(H,23,24,25);;. The average molecular weight is 433 g/mol. The van der Waals surface area contributed by atoms with E-state index in [0.717, 1.165) is 30.4 Å². The number of aliphatic hydroxyl groups is 1. The molecule has 2 N–H and O–H groups in total. The van der Waals surface area contributed by atoms with Crippen LogP contribution >= 0.6 is 0 Å². The van der Waals surface area contributed by atoms with Gasteiger partial charge in [-0.05, 0) is 31.7 Å². The molecular formula is C22H28N5NaO3. The van der Waals surface area contributed by atoms with Gasteiger partial charge in [0.15, 0.2) is 17.0 Å². The molecule has 2 aromatic heterocycles. The van der Waals surface area contributed by atoms with Gasteiger partial charge in [0.2, 0.25) is 0 Å². The Morgan fingerprint density at radius 1 is 1.29 bits per heavy atom. The molecule has 0 saturated carbocycles. The topological polar surface area (TPSA) is 94.3 Å². The molecule has 0 bridgehead atoms. The van der Waals surface area contributed by atoms with Gasteiger partial charge in [-0.3, -0.25) is 4.57 Å². The Morgan fingerprint density at radius 3 is 2.87 bits per heavy atom. The summed E-state index contributed by atoms with van der Waals surface area (Å²) in [7, 11) is 0. The van der Waals surface area contributed by atoms with E-state index in [0.29, 0.717) is 42.8 Å². The number of benzene rings is 1. The van der Waals surface area contributed by atoms with Crippen LogP contribution in [0, 0.1) is 0 Å². The molecule has 1 fully saturated rings. The van der Waals surface area contributed by atoms with Gasteiger partial charge in [-0.15, -0.1) is 0 Å². The molecule has 1 unspecified atom stereocenters. The second-order valence-corrected chi connectivity index (χ2v) is 7.34. The molecular weight excluding hydrogens is 405 g/mol. The van der Waals surface area contributed by atoms with Crippen LogP contribution < -0.4 is 10.1 Å². The summed E-state index contributed by atoms with van der Waals surface area (Å²) in [6.07, 6.45) is 6.31. The summed E-state index contributed by atoms with van der Waals surface area (Å²) in [5.74, 6) is 0.626. The maximum absolute atomic E-state index is 9.17. The van der Waals surface area contributed by atoms with Crippen LogP contribution in [0.25, 0.3) is 11.2 Å².